The second kappa shape index (κ2) is 7.18. The van der Waals surface area contributed by atoms with Crippen LogP contribution in [-0.4, -0.2) is 46.3 Å². The van der Waals surface area contributed by atoms with Crippen molar-refractivity contribution in [1.82, 2.24) is 14.8 Å². The molecule has 1 aliphatic rings. The Hall–Kier alpha value is -1.80. The molecule has 1 saturated heterocycles. The minimum atomic E-state index is -0.289. The van der Waals surface area contributed by atoms with Gasteiger partial charge in [0.1, 0.15) is 5.76 Å². The number of nitrogens with zero attached hydrogens (tertiary/aromatic N) is 3. The third-order valence-corrected chi connectivity index (χ3v) is 4.71. The average molecular weight is 337 g/mol. The van der Waals surface area contributed by atoms with Crippen LogP contribution in [0.4, 0.5) is 0 Å². The van der Waals surface area contributed by atoms with Gasteiger partial charge in [-0.2, -0.15) is 0 Å². The summed E-state index contributed by atoms with van der Waals surface area (Å²) in [6.07, 6.45) is 3.87. The van der Waals surface area contributed by atoms with Crippen molar-refractivity contribution in [3.05, 3.63) is 18.1 Å². The van der Waals surface area contributed by atoms with Crippen LogP contribution < -0.4 is 0 Å². The summed E-state index contributed by atoms with van der Waals surface area (Å²) in [5, 5.41) is 9.20. The van der Waals surface area contributed by atoms with Gasteiger partial charge >= 0.3 is 5.97 Å². The molecule has 0 aromatic carbocycles. The van der Waals surface area contributed by atoms with Crippen LogP contribution in [0.25, 0.3) is 11.4 Å². The fraction of sp³-hybridized carbons (Fsp3) is 0.533. The predicted octanol–water partition coefficient (Wildman–Crippen LogP) is 2.29. The van der Waals surface area contributed by atoms with E-state index in [1.54, 1.807) is 6.26 Å². The maximum absolute atomic E-state index is 11.4. The van der Waals surface area contributed by atoms with E-state index in [0.29, 0.717) is 11.7 Å². The minimum absolute atomic E-state index is 0.148. The van der Waals surface area contributed by atoms with Crippen molar-refractivity contribution in [2.45, 2.75) is 37.6 Å². The first-order valence-corrected chi connectivity index (χ1v) is 8.46. The Morgan fingerprint density at radius 2 is 2.39 bits per heavy atom. The summed E-state index contributed by atoms with van der Waals surface area (Å²) in [4.78, 5) is 11.4. The van der Waals surface area contributed by atoms with Gasteiger partial charge in [0.25, 0.3) is 0 Å². The largest absolute Gasteiger partial charge is 0.469 e. The Balaban J connectivity index is 1.87. The van der Waals surface area contributed by atoms with Gasteiger partial charge in [0.05, 0.1) is 37.3 Å². The molecule has 0 aliphatic carbocycles. The third kappa shape index (κ3) is 3.59. The fourth-order valence-corrected chi connectivity index (χ4v) is 3.33. The highest BCUT2D eigenvalue weighted by atomic mass is 32.2. The van der Waals surface area contributed by atoms with Crippen LogP contribution in [0.5, 0.6) is 0 Å². The van der Waals surface area contributed by atoms with Crippen molar-refractivity contribution in [3.63, 3.8) is 0 Å². The van der Waals surface area contributed by atoms with E-state index in [2.05, 4.69) is 14.9 Å². The monoisotopic (exact) mass is 337 g/mol. The Kier molecular flexibility index (Phi) is 5.02. The number of carbonyl (C=O) groups is 1. The van der Waals surface area contributed by atoms with E-state index in [0.717, 1.165) is 36.6 Å². The normalized spacial score (nSPS) is 17.6. The van der Waals surface area contributed by atoms with Crippen molar-refractivity contribution in [2.75, 3.05) is 19.5 Å². The zero-order valence-corrected chi connectivity index (χ0v) is 14.0. The first kappa shape index (κ1) is 16.1. The van der Waals surface area contributed by atoms with Crippen LogP contribution in [0, 0.1) is 6.92 Å². The number of rotatable bonds is 6. The van der Waals surface area contributed by atoms with E-state index in [1.165, 1.54) is 18.9 Å². The van der Waals surface area contributed by atoms with Crippen LogP contribution >= 0.6 is 11.8 Å². The lowest BCUT2D eigenvalue weighted by atomic mass is 10.2. The molecule has 7 nitrogen and oxygen atoms in total. The number of thioether (sulfide) groups is 1. The molecule has 1 unspecified atom stereocenters. The molecule has 0 bridgehead atoms. The van der Waals surface area contributed by atoms with Gasteiger partial charge in [-0.15, -0.1) is 10.2 Å². The zero-order chi connectivity index (χ0) is 16.2. The molecule has 3 heterocycles. The molecule has 0 amide bonds. The van der Waals surface area contributed by atoms with Gasteiger partial charge in [-0.3, -0.25) is 9.36 Å². The molecule has 23 heavy (non-hydrogen) atoms. The molecule has 2 aromatic rings. The number of aryl methyl sites for hydroxylation is 1. The number of furan rings is 1. The van der Waals surface area contributed by atoms with Gasteiger partial charge in [-0.05, 0) is 25.8 Å². The number of aromatic nitrogens is 3. The Labute approximate surface area is 138 Å². The highest BCUT2D eigenvalue weighted by Gasteiger charge is 2.23. The van der Waals surface area contributed by atoms with Crippen molar-refractivity contribution < 1.29 is 18.7 Å². The van der Waals surface area contributed by atoms with Gasteiger partial charge in [-0.25, -0.2) is 0 Å². The van der Waals surface area contributed by atoms with Crippen molar-refractivity contribution >= 4 is 17.7 Å². The maximum atomic E-state index is 11.4. The summed E-state index contributed by atoms with van der Waals surface area (Å²) < 4.78 is 17.8. The quantitative estimate of drug-likeness (QED) is 0.591. The summed E-state index contributed by atoms with van der Waals surface area (Å²) in [6, 6.07) is 1.88. The van der Waals surface area contributed by atoms with E-state index >= 15 is 0 Å². The van der Waals surface area contributed by atoms with Crippen molar-refractivity contribution in [2.24, 2.45) is 0 Å². The second-order valence-electron chi connectivity index (χ2n) is 5.31. The average Bonchev–Trinajstić information content (AvgIpc) is 3.27. The van der Waals surface area contributed by atoms with Gasteiger partial charge in [-0.1, -0.05) is 11.8 Å². The Morgan fingerprint density at radius 1 is 1.52 bits per heavy atom. The summed E-state index contributed by atoms with van der Waals surface area (Å²) in [7, 11) is 1.38. The zero-order valence-electron chi connectivity index (χ0n) is 13.2. The predicted molar refractivity (Wildman–Crippen MR) is 84.2 cm³/mol. The van der Waals surface area contributed by atoms with Gasteiger partial charge in [0.2, 0.25) is 0 Å². The second-order valence-corrected chi connectivity index (χ2v) is 6.25. The summed E-state index contributed by atoms with van der Waals surface area (Å²) in [6.45, 7) is 3.34. The molecule has 0 radical (unpaired) electrons. The van der Waals surface area contributed by atoms with Crippen LogP contribution in [0.15, 0.2) is 21.9 Å². The smallest absolute Gasteiger partial charge is 0.316 e. The minimum Gasteiger partial charge on any atom is -0.469 e. The molecular weight excluding hydrogens is 318 g/mol. The van der Waals surface area contributed by atoms with Crippen molar-refractivity contribution in [3.8, 4) is 11.4 Å². The molecule has 0 saturated carbocycles. The Bertz CT molecular complexity index is 676. The van der Waals surface area contributed by atoms with Gasteiger partial charge in [0, 0.05) is 6.61 Å². The molecule has 1 atom stereocenters. The standard InChI is InChI=1S/C15H19N3O4S/c1-10-12(5-7-21-10)14-16-17-15(23-9-13(19)20-2)18(14)8-11-4-3-6-22-11/h5,7,11H,3-4,6,8-9H2,1-2H3. The number of esters is 1. The molecular formula is C15H19N3O4S. The summed E-state index contributed by atoms with van der Waals surface area (Å²) >= 11 is 1.32. The summed E-state index contributed by atoms with van der Waals surface area (Å²) in [5.41, 5.74) is 0.903. The topological polar surface area (TPSA) is 79.4 Å². The number of hydrogen-bond donors (Lipinski definition) is 0. The highest BCUT2D eigenvalue weighted by molar-refractivity contribution is 7.99. The molecule has 0 spiro atoms. The molecule has 1 aliphatic heterocycles. The van der Waals surface area contributed by atoms with Crippen LogP contribution in [0.2, 0.25) is 0 Å². The third-order valence-electron chi connectivity index (χ3n) is 3.77. The lowest BCUT2D eigenvalue weighted by Crippen LogP contribution is -2.17. The molecule has 0 N–H and O–H groups in total. The number of carbonyl (C=O) groups excluding carboxylic acids is 1. The number of hydrogen-bond acceptors (Lipinski definition) is 7. The number of ether oxygens (including phenoxy) is 2. The van der Waals surface area contributed by atoms with E-state index < -0.39 is 0 Å². The molecule has 3 rings (SSSR count). The lowest BCUT2D eigenvalue weighted by Gasteiger charge is -2.14. The highest BCUT2D eigenvalue weighted by Crippen LogP contribution is 2.28. The van der Waals surface area contributed by atoms with Crippen LogP contribution in [0.3, 0.4) is 0 Å². The van der Waals surface area contributed by atoms with Gasteiger partial charge < -0.3 is 13.9 Å². The molecule has 124 valence electrons. The molecule has 8 heteroatoms. The first-order valence-electron chi connectivity index (χ1n) is 7.48. The fourth-order valence-electron chi connectivity index (χ4n) is 2.55. The van der Waals surface area contributed by atoms with E-state index in [9.17, 15) is 4.79 Å². The van der Waals surface area contributed by atoms with Crippen LogP contribution in [0.1, 0.15) is 18.6 Å². The van der Waals surface area contributed by atoms with E-state index in [1.807, 2.05) is 17.6 Å². The lowest BCUT2D eigenvalue weighted by molar-refractivity contribution is -0.137. The maximum Gasteiger partial charge on any atom is 0.316 e. The summed E-state index contributed by atoms with van der Waals surface area (Å²) in [5.74, 6) is 1.43. The van der Waals surface area contributed by atoms with Crippen molar-refractivity contribution in [1.29, 1.82) is 0 Å². The van der Waals surface area contributed by atoms with Crippen LogP contribution in [-0.2, 0) is 20.8 Å². The molecule has 2 aromatic heterocycles. The van der Waals surface area contributed by atoms with E-state index in [-0.39, 0.29) is 17.8 Å². The first-order chi connectivity index (χ1) is 11.2. The van der Waals surface area contributed by atoms with E-state index in [4.69, 9.17) is 9.15 Å². The Morgan fingerprint density at radius 3 is 3.04 bits per heavy atom. The number of methoxy groups -OCH3 is 1. The van der Waals surface area contributed by atoms with Gasteiger partial charge in [0.15, 0.2) is 11.0 Å². The molecule has 1 fully saturated rings. The SMILES string of the molecule is COC(=O)CSc1nnc(-c2ccoc2C)n1CC1CCCO1.